The van der Waals surface area contributed by atoms with Crippen molar-refractivity contribution in [3.8, 4) is 0 Å². The molecule has 0 saturated carbocycles. The Bertz CT molecular complexity index is 468. The van der Waals surface area contributed by atoms with Crippen LogP contribution in [0.1, 0.15) is 6.42 Å². The van der Waals surface area contributed by atoms with Crippen LogP contribution in [-0.4, -0.2) is 23.9 Å². The maximum atomic E-state index is 13.1. The molecule has 0 bridgehead atoms. The molecular weight excluding hydrogens is 298 g/mol. The fraction of sp³-hybridized carbons (Fsp3) is 0.400. The molecule has 0 unspecified atom stereocenters. The van der Waals surface area contributed by atoms with Gasteiger partial charge in [0.25, 0.3) is 11.6 Å². The number of hydrogen-bond acceptors (Lipinski definition) is 3. The fourth-order valence-electron chi connectivity index (χ4n) is 1.81. The van der Waals surface area contributed by atoms with Gasteiger partial charge in [0.2, 0.25) is 0 Å². The van der Waals surface area contributed by atoms with E-state index in [2.05, 4.69) is 15.9 Å². The third kappa shape index (κ3) is 2.54. The molecule has 2 rings (SSSR count). The van der Waals surface area contributed by atoms with E-state index < -0.39 is 10.8 Å². The zero-order chi connectivity index (χ0) is 12.6. The minimum absolute atomic E-state index is 0.0633. The molecule has 0 radical (unpaired) electrons. The predicted molar refractivity (Wildman–Crippen MR) is 62.6 cm³/mol. The fourth-order valence-corrected chi connectivity index (χ4v) is 2.42. The van der Waals surface area contributed by atoms with E-state index in [1.54, 1.807) is 0 Å². The van der Waals surface area contributed by atoms with Crippen LogP contribution in [0.25, 0.3) is 0 Å². The van der Waals surface area contributed by atoms with Crippen LogP contribution in [0, 0.1) is 10.1 Å². The van der Waals surface area contributed by atoms with Gasteiger partial charge < -0.3 is 4.90 Å². The van der Waals surface area contributed by atoms with Crippen LogP contribution in [0.15, 0.2) is 22.7 Å². The van der Waals surface area contributed by atoms with E-state index in [4.69, 9.17) is 0 Å². The molecule has 0 amide bonds. The van der Waals surface area contributed by atoms with Crippen molar-refractivity contribution < 1.29 is 13.7 Å². The van der Waals surface area contributed by atoms with Crippen LogP contribution in [0.5, 0.6) is 0 Å². The topological polar surface area (TPSA) is 46.4 Å². The van der Waals surface area contributed by atoms with Gasteiger partial charge in [0.05, 0.1) is 17.2 Å². The molecule has 0 aromatic heterocycles. The number of nitro groups is 1. The number of benzene rings is 1. The lowest BCUT2D eigenvalue weighted by Gasteiger charge is -2.19. The number of nitro benzene ring substituents is 1. The van der Waals surface area contributed by atoms with E-state index in [1.165, 1.54) is 23.1 Å². The smallest absolute Gasteiger partial charge is 0.270 e. The second-order valence-corrected chi connectivity index (χ2v) is 4.77. The Balaban J connectivity index is 2.26. The Morgan fingerprint density at radius 2 is 2.18 bits per heavy atom. The van der Waals surface area contributed by atoms with E-state index in [0.717, 1.165) is 0 Å². The summed E-state index contributed by atoms with van der Waals surface area (Å²) in [5, 5.41) is 10.5. The van der Waals surface area contributed by atoms with E-state index in [0.29, 0.717) is 10.2 Å². The van der Waals surface area contributed by atoms with Crippen molar-refractivity contribution in [2.24, 2.45) is 0 Å². The maximum Gasteiger partial charge on any atom is 0.270 e. The molecule has 0 atom stereocenters. The highest BCUT2D eigenvalue weighted by Crippen LogP contribution is 2.36. The summed E-state index contributed by atoms with van der Waals surface area (Å²) < 4.78 is 26.6. The summed E-state index contributed by atoms with van der Waals surface area (Å²) in [6.45, 7) is -0.0905. The molecule has 4 nitrogen and oxygen atoms in total. The largest absolute Gasteiger partial charge is 0.364 e. The summed E-state index contributed by atoms with van der Waals surface area (Å²) in [4.78, 5) is 11.5. The van der Waals surface area contributed by atoms with Crippen molar-refractivity contribution >= 4 is 27.3 Å². The van der Waals surface area contributed by atoms with Crippen molar-refractivity contribution in [2.75, 3.05) is 18.0 Å². The normalized spacial score (nSPS) is 18.4. The monoisotopic (exact) mass is 306 g/mol. The summed E-state index contributed by atoms with van der Waals surface area (Å²) in [7, 11) is 0. The lowest BCUT2D eigenvalue weighted by Crippen LogP contribution is -2.25. The lowest BCUT2D eigenvalue weighted by molar-refractivity contribution is -0.384. The Labute approximate surface area is 104 Å². The van der Waals surface area contributed by atoms with Gasteiger partial charge in [0, 0.05) is 29.6 Å². The first-order valence-electron chi connectivity index (χ1n) is 4.96. The van der Waals surface area contributed by atoms with Gasteiger partial charge in [-0.05, 0) is 22.0 Å². The summed E-state index contributed by atoms with van der Waals surface area (Å²) in [5.74, 6) is -2.68. The molecule has 0 spiro atoms. The number of rotatable bonds is 2. The third-order valence-electron chi connectivity index (χ3n) is 2.65. The lowest BCUT2D eigenvalue weighted by atomic mass is 10.2. The second-order valence-electron chi connectivity index (χ2n) is 3.92. The maximum absolute atomic E-state index is 13.1. The van der Waals surface area contributed by atoms with E-state index in [-0.39, 0.29) is 25.2 Å². The molecule has 92 valence electrons. The SMILES string of the molecule is O=[N+]([O-])c1ccc(N2CCC(F)(F)C2)c(Br)c1. The highest BCUT2D eigenvalue weighted by molar-refractivity contribution is 9.10. The Morgan fingerprint density at radius 3 is 2.65 bits per heavy atom. The van der Waals surface area contributed by atoms with Crippen molar-refractivity contribution in [1.82, 2.24) is 0 Å². The van der Waals surface area contributed by atoms with Gasteiger partial charge >= 0.3 is 0 Å². The number of nitrogens with zero attached hydrogens (tertiary/aromatic N) is 2. The molecule has 17 heavy (non-hydrogen) atoms. The number of anilines is 1. The van der Waals surface area contributed by atoms with Crippen LogP contribution in [-0.2, 0) is 0 Å². The number of halogens is 3. The first kappa shape index (κ1) is 12.2. The highest BCUT2D eigenvalue weighted by Gasteiger charge is 2.38. The molecule has 0 N–H and O–H groups in total. The first-order valence-corrected chi connectivity index (χ1v) is 5.75. The zero-order valence-corrected chi connectivity index (χ0v) is 10.3. The molecule has 1 aromatic rings. The van der Waals surface area contributed by atoms with Crippen LogP contribution in [0.3, 0.4) is 0 Å². The summed E-state index contributed by atoms with van der Waals surface area (Å²) in [5.41, 5.74) is 0.499. The van der Waals surface area contributed by atoms with E-state index >= 15 is 0 Å². The molecule has 1 aromatic carbocycles. The van der Waals surface area contributed by atoms with Crippen molar-refractivity contribution in [3.63, 3.8) is 0 Å². The Morgan fingerprint density at radius 1 is 1.47 bits per heavy atom. The molecule has 1 saturated heterocycles. The first-order chi connectivity index (χ1) is 7.89. The Kier molecular flexibility index (Phi) is 3.03. The van der Waals surface area contributed by atoms with Gasteiger partial charge in [-0.3, -0.25) is 10.1 Å². The minimum Gasteiger partial charge on any atom is -0.364 e. The van der Waals surface area contributed by atoms with Crippen LogP contribution in [0.4, 0.5) is 20.2 Å². The van der Waals surface area contributed by atoms with Crippen LogP contribution < -0.4 is 4.90 Å². The standard InChI is InChI=1S/C10H9BrF2N2O2/c11-8-5-7(15(16)17)1-2-9(8)14-4-3-10(12,13)6-14/h1-2,5H,3-4,6H2. The van der Waals surface area contributed by atoms with E-state index in [1.807, 2.05) is 0 Å². The van der Waals surface area contributed by atoms with Gasteiger partial charge in [0.1, 0.15) is 0 Å². The number of alkyl halides is 2. The van der Waals surface area contributed by atoms with Crippen LogP contribution in [0.2, 0.25) is 0 Å². The predicted octanol–water partition coefficient (Wildman–Crippen LogP) is 3.20. The summed E-state index contributed by atoms with van der Waals surface area (Å²) >= 11 is 3.17. The van der Waals surface area contributed by atoms with Crippen molar-refractivity contribution in [1.29, 1.82) is 0 Å². The quantitative estimate of drug-likeness (QED) is 0.622. The van der Waals surface area contributed by atoms with Gasteiger partial charge in [-0.2, -0.15) is 0 Å². The number of non-ortho nitro benzene ring substituents is 1. The van der Waals surface area contributed by atoms with Gasteiger partial charge in [-0.1, -0.05) is 0 Å². The van der Waals surface area contributed by atoms with Gasteiger partial charge in [-0.25, -0.2) is 8.78 Å². The zero-order valence-electron chi connectivity index (χ0n) is 8.70. The van der Waals surface area contributed by atoms with Gasteiger partial charge in [0.15, 0.2) is 0 Å². The minimum atomic E-state index is -2.68. The third-order valence-corrected chi connectivity index (χ3v) is 3.29. The van der Waals surface area contributed by atoms with Crippen LogP contribution >= 0.6 is 15.9 Å². The molecule has 1 heterocycles. The summed E-state index contributed by atoms with van der Waals surface area (Å²) in [6, 6.07) is 4.13. The Hall–Kier alpha value is -1.24. The molecule has 0 aliphatic carbocycles. The molecule has 1 aliphatic heterocycles. The summed E-state index contributed by atoms with van der Waals surface area (Å²) in [6.07, 6.45) is -0.184. The molecule has 7 heteroatoms. The molecule has 1 fully saturated rings. The average Bonchev–Trinajstić information content (AvgIpc) is 2.58. The van der Waals surface area contributed by atoms with Crippen molar-refractivity contribution in [3.05, 3.63) is 32.8 Å². The number of hydrogen-bond donors (Lipinski definition) is 0. The van der Waals surface area contributed by atoms with E-state index in [9.17, 15) is 18.9 Å². The van der Waals surface area contributed by atoms with Crippen molar-refractivity contribution in [2.45, 2.75) is 12.3 Å². The second kappa shape index (κ2) is 4.21. The van der Waals surface area contributed by atoms with Gasteiger partial charge in [-0.15, -0.1) is 0 Å². The highest BCUT2D eigenvalue weighted by atomic mass is 79.9. The average molecular weight is 307 g/mol. The molecular formula is C10H9BrF2N2O2. The molecule has 1 aliphatic rings.